The normalized spacial score (nSPS) is 39.5. The monoisotopic (exact) mass is 484 g/mol. The maximum Gasteiger partial charge on any atom is 0.169 e. The molecule has 20 nitrogen and oxygen atoms in total. The Morgan fingerprint density at radius 2 is 1.44 bits per heavy atom. The van der Waals surface area contributed by atoms with E-state index in [2.05, 4.69) is 45.4 Å². The molecule has 1 heterocycles. The van der Waals surface area contributed by atoms with Crippen LogP contribution >= 0.6 is 0 Å². The molecule has 0 amide bonds. The Morgan fingerprint density at radius 1 is 0.824 bits per heavy atom. The van der Waals surface area contributed by atoms with Crippen molar-refractivity contribution >= 4 is 0 Å². The summed E-state index contributed by atoms with van der Waals surface area (Å²) in [4.78, 5) is 10.4. The van der Waals surface area contributed by atoms with Gasteiger partial charge in [0.15, 0.2) is 6.29 Å². The van der Waals surface area contributed by atoms with Gasteiger partial charge in [0, 0.05) is 32.7 Å². The predicted octanol–water partition coefficient (Wildman–Crippen LogP) is -1.18. The lowest BCUT2D eigenvalue weighted by Gasteiger charge is -2.48. The van der Waals surface area contributed by atoms with Crippen LogP contribution in [-0.2, 0) is 9.47 Å². The molecule has 2 aliphatic rings. The van der Waals surface area contributed by atoms with Crippen molar-refractivity contribution in [2.75, 3.05) is 19.6 Å². The van der Waals surface area contributed by atoms with Gasteiger partial charge in [0.05, 0.1) is 55.2 Å². The van der Waals surface area contributed by atoms with Crippen molar-refractivity contribution in [2.45, 2.75) is 67.1 Å². The van der Waals surface area contributed by atoms with Crippen molar-refractivity contribution in [1.29, 1.82) is 0 Å². The number of nitrogens with two attached hydrogens (primary N) is 1. The van der Waals surface area contributed by atoms with E-state index in [4.69, 9.17) is 37.3 Å². The van der Waals surface area contributed by atoms with E-state index < -0.39 is 73.6 Å². The molecule has 0 aromatic rings. The molecule has 2 rings (SSSR count). The minimum Gasteiger partial charge on any atom is -0.392 e. The Kier molecular flexibility index (Phi) is 10.4. The van der Waals surface area contributed by atoms with Crippen molar-refractivity contribution in [2.24, 2.45) is 26.2 Å². The van der Waals surface area contributed by atoms with Gasteiger partial charge in [0.1, 0.15) is 12.1 Å². The zero-order chi connectivity index (χ0) is 25.3. The van der Waals surface area contributed by atoms with Crippen molar-refractivity contribution in [3.63, 3.8) is 0 Å². The van der Waals surface area contributed by atoms with Crippen LogP contribution in [0, 0.1) is 0 Å². The van der Waals surface area contributed by atoms with Crippen LogP contribution in [0.25, 0.3) is 41.8 Å². The van der Waals surface area contributed by atoms with E-state index in [-0.39, 0.29) is 13.1 Å². The number of aliphatic hydroxyl groups is 4. The first-order valence-corrected chi connectivity index (χ1v) is 9.96. The van der Waals surface area contributed by atoms with Gasteiger partial charge in [-0.2, -0.15) is 0 Å². The number of azide groups is 4. The van der Waals surface area contributed by atoms with Crippen molar-refractivity contribution in [3.8, 4) is 0 Å². The number of hydrogen-bond acceptors (Lipinski definition) is 12. The third-order valence-electron chi connectivity index (χ3n) is 5.47. The van der Waals surface area contributed by atoms with Crippen LogP contribution in [0.5, 0.6) is 0 Å². The number of aliphatic hydroxyl groups excluding tert-OH is 4. The van der Waals surface area contributed by atoms with Crippen LogP contribution in [-0.4, -0.2) is 107 Å². The Balaban J connectivity index is 2.48. The van der Waals surface area contributed by atoms with E-state index in [0.717, 1.165) is 0 Å². The molecule has 0 unspecified atom stereocenters. The molecule has 0 bridgehead atoms. The van der Waals surface area contributed by atoms with Crippen LogP contribution in [0.2, 0.25) is 0 Å². The SMILES string of the molecule is [N-]=[N+]=NC[C@H]1O[C@H](O[C@@H]2[C@@H](N=[N+]=[N-])[C@H](O)[C@@H](N=[N+]=[N-])[C@H](O)[C@H]2NCCN)[C@H](N=[N+]=[N-])[C@@H](O)[C@@H]1O. The average molecular weight is 484 g/mol. The second-order valence-electron chi connectivity index (χ2n) is 7.37. The topological polar surface area (TPSA) is 332 Å². The van der Waals surface area contributed by atoms with Gasteiger partial charge in [-0.15, -0.1) is 0 Å². The quantitative estimate of drug-likeness (QED) is 0.124. The Hall–Kier alpha value is -3.08. The number of nitrogens with one attached hydrogen (secondary N) is 1. The first-order valence-electron chi connectivity index (χ1n) is 9.96. The molecule has 0 aromatic carbocycles. The highest BCUT2D eigenvalue weighted by atomic mass is 16.7. The van der Waals surface area contributed by atoms with Crippen molar-refractivity contribution < 1.29 is 29.9 Å². The third kappa shape index (κ3) is 5.88. The van der Waals surface area contributed by atoms with Gasteiger partial charge in [-0.1, -0.05) is 20.5 Å². The van der Waals surface area contributed by atoms with Gasteiger partial charge < -0.3 is 41.0 Å². The summed E-state index contributed by atoms with van der Waals surface area (Å²) in [5.74, 6) is 0. The van der Waals surface area contributed by atoms with E-state index >= 15 is 0 Å². The number of nitrogens with zero attached hydrogens (tertiary/aromatic N) is 12. The highest BCUT2D eigenvalue weighted by Gasteiger charge is 2.53. The van der Waals surface area contributed by atoms with E-state index in [1.165, 1.54) is 0 Å². The van der Waals surface area contributed by atoms with Crippen LogP contribution in [0.1, 0.15) is 0 Å². The van der Waals surface area contributed by atoms with Gasteiger partial charge >= 0.3 is 0 Å². The fourth-order valence-electron chi connectivity index (χ4n) is 3.89. The molecule has 11 atom stereocenters. The fourth-order valence-corrected chi connectivity index (χ4v) is 3.89. The summed E-state index contributed by atoms with van der Waals surface area (Å²) in [5.41, 5.74) is 40.8. The molecule has 7 N–H and O–H groups in total. The Bertz CT molecular complexity index is 882. The highest BCUT2D eigenvalue weighted by Crippen LogP contribution is 2.33. The molecule has 1 aliphatic heterocycles. The van der Waals surface area contributed by atoms with E-state index in [1.54, 1.807) is 0 Å². The minimum atomic E-state index is -1.71. The molecular formula is C14H24N14O6. The molecule has 1 saturated carbocycles. The summed E-state index contributed by atoms with van der Waals surface area (Å²) in [7, 11) is 0. The summed E-state index contributed by atoms with van der Waals surface area (Å²) >= 11 is 0. The fraction of sp³-hybridized carbons (Fsp3) is 1.00. The zero-order valence-corrected chi connectivity index (χ0v) is 17.5. The molecular weight excluding hydrogens is 460 g/mol. The summed E-state index contributed by atoms with van der Waals surface area (Å²) in [6, 6.07) is -5.55. The molecule has 0 aromatic heterocycles. The van der Waals surface area contributed by atoms with Gasteiger partial charge in [-0.05, 0) is 22.1 Å². The highest BCUT2D eigenvalue weighted by molar-refractivity contribution is 5.09. The second kappa shape index (κ2) is 13.0. The molecule has 0 spiro atoms. The summed E-state index contributed by atoms with van der Waals surface area (Å²) in [6.45, 7) is -0.186. The largest absolute Gasteiger partial charge is 0.392 e. The lowest BCUT2D eigenvalue weighted by Crippen LogP contribution is -2.69. The van der Waals surface area contributed by atoms with Gasteiger partial charge in [0.25, 0.3) is 0 Å². The average Bonchev–Trinajstić information content (AvgIpc) is 2.82. The summed E-state index contributed by atoms with van der Waals surface area (Å²) in [6.07, 6.45) is -10.8. The Labute approximate surface area is 190 Å². The maximum atomic E-state index is 10.8. The van der Waals surface area contributed by atoms with Gasteiger partial charge in [0.2, 0.25) is 0 Å². The smallest absolute Gasteiger partial charge is 0.169 e. The number of ether oxygens (including phenoxy) is 2. The van der Waals surface area contributed by atoms with E-state index in [9.17, 15) is 20.4 Å². The molecule has 2 fully saturated rings. The van der Waals surface area contributed by atoms with Crippen molar-refractivity contribution in [3.05, 3.63) is 41.8 Å². The van der Waals surface area contributed by atoms with Gasteiger partial charge in [-0.25, -0.2) is 0 Å². The third-order valence-corrected chi connectivity index (χ3v) is 5.47. The van der Waals surface area contributed by atoms with Crippen LogP contribution in [0.4, 0.5) is 0 Å². The lowest BCUT2D eigenvalue weighted by molar-refractivity contribution is -0.282. The van der Waals surface area contributed by atoms with Gasteiger partial charge in [-0.3, -0.25) is 0 Å². The number of rotatable bonds is 10. The summed E-state index contributed by atoms with van der Waals surface area (Å²) < 4.78 is 11.4. The molecule has 1 aliphatic carbocycles. The molecule has 34 heavy (non-hydrogen) atoms. The van der Waals surface area contributed by atoms with Crippen LogP contribution < -0.4 is 11.1 Å². The van der Waals surface area contributed by atoms with E-state index in [1.807, 2.05) is 0 Å². The number of hydrogen-bond donors (Lipinski definition) is 6. The van der Waals surface area contributed by atoms with Crippen LogP contribution in [0.3, 0.4) is 0 Å². The molecule has 1 saturated heterocycles. The summed E-state index contributed by atoms with van der Waals surface area (Å²) in [5, 5.41) is 58.6. The van der Waals surface area contributed by atoms with Crippen molar-refractivity contribution in [1.82, 2.24) is 5.32 Å². The molecule has 0 radical (unpaired) electrons. The first kappa shape index (κ1) is 27.2. The van der Waals surface area contributed by atoms with E-state index in [0.29, 0.717) is 0 Å². The molecule has 20 heteroatoms. The van der Waals surface area contributed by atoms with Crippen LogP contribution in [0.15, 0.2) is 20.5 Å². The minimum absolute atomic E-state index is 0.108. The lowest BCUT2D eigenvalue weighted by atomic mass is 9.80. The molecule has 186 valence electrons. The second-order valence-corrected chi connectivity index (χ2v) is 7.37. The maximum absolute atomic E-state index is 10.8. The predicted molar refractivity (Wildman–Crippen MR) is 111 cm³/mol. The standard InChI is InChI=1S/C14H24N14O6/c15-1-2-20-6-10(30)5(22-26-17)11(31)7(23-27-18)13(6)34-14-8(24-28-19)12(32)9(29)4(33-14)3-21-25-16/h4-14,20,29-32H,1-3,15H2/t4-,5+,6-,7+,8-,9-,10+,11-,12-,13+,14-/m1/s1. The zero-order valence-electron chi connectivity index (χ0n) is 17.5. The Morgan fingerprint density at radius 3 is 2.03 bits per heavy atom. The first-order chi connectivity index (χ1) is 16.4.